The Bertz CT molecular complexity index is 1120. The highest BCUT2D eigenvalue weighted by molar-refractivity contribution is 7.22. The van der Waals surface area contributed by atoms with Gasteiger partial charge in [0.2, 0.25) is 5.91 Å². The van der Waals surface area contributed by atoms with E-state index in [4.69, 9.17) is 4.74 Å². The van der Waals surface area contributed by atoms with Crippen molar-refractivity contribution in [2.45, 2.75) is 0 Å². The average molecular weight is 376 g/mol. The number of hydrogen-bond acceptors (Lipinski definition) is 5. The van der Waals surface area contributed by atoms with Crippen molar-refractivity contribution in [1.82, 2.24) is 14.8 Å². The molecule has 4 rings (SSSR count). The monoisotopic (exact) mass is 376 g/mol. The second kappa shape index (κ2) is 7.43. The lowest BCUT2D eigenvalue weighted by Gasteiger charge is -2.04. The first-order chi connectivity index (χ1) is 13.2. The number of carbonyl (C=O) groups excluding carboxylic acids is 1. The van der Waals surface area contributed by atoms with Crippen LogP contribution >= 0.6 is 11.3 Å². The summed E-state index contributed by atoms with van der Waals surface area (Å²) in [6.07, 6.45) is 6.69. The molecule has 27 heavy (non-hydrogen) atoms. The molecule has 2 aromatic carbocycles. The zero-order valence-electron chi connectivity index (χ0n) is 14.5. The number of benzene rings is 2. The van der Waals surface area contributed by atoms with E-state index in [0.29, 0.717) is 5.13 Å². The third kappa shape index (κ3) is 4.21. The van der Waals surface area contributed by atoms with Gasteiger partial charge in [0, 0.05) is 31.0 Å². The van der Waals surface area contributed by atoms with Gasteiger partial charge < -0.3 is 4.74 Å². The molecule has 0 saturated carbocycles. The van der Waals surface area contributed by atoms with Crippen LogP contribution in [0.3, 0.4) is 0 Å². The van der Waals surface area contributed by atoms with Crippen LogP contribution in [-0.4, -0.2) is 20.7 Å². The van der Waals surface area contributed by atoms with Crippen molar-refractivity contribution in [1.29, 1.82) is 0 Å². The lowest BCUT2D eigenvalue weighted by atomic mass is 10.3. The first kappa shape index (κ1) is 17.0. The number of para-hydroxylation sites is 1. The predicted octanol–water partition coefficient (Wildman–Crippen LogP) is 4.47. The lowest BCUT2D eigenvalue weighted by Crippen LogP contribution is -2.07. The van der Waals surface area contributed by atoms with Gasteiger partial charge in [-0.2, -0.15) is 5.10 Å². The Morgan fingerprint density at radius 2 is 2.04 bits per heavy atom. The van der Waals surface area contributed by atoms with Gasteiger partial charge in [0.15, 0.2) is 5.13 Å². The Morgan fingerprint density at radius 3 is 2.81 bits per heavy atom. The maximum absolute atomic E-state index is 12.1. The Labute approximate surface area is 159 Å². The minimum atomic E-state index is -0.237. The molecule has 1 N–H and O–H groups in total. The van der Waals surface area contributed by atoms with Crippen LogP contribution in [0.25, 0.3) is 16.3 Å². The van der Waals surface area contributed by atoms with E-state index in [2.05, 4.69) is 15.4 Å². The van der Waals surface area contributed by atoms with Gasteiger partial charge in [-0.15, -0.1) is 0 Å². The molecule has 4 aromatic rings. The van der Waals surface area contributed by atoms with E-state index in [1.165, 1.54) is 17.4 Å². The molecule has 0 radical (unpaired) electrons. The Kier molecular flexibility index (Phi) is 4.67. The van der Waals surface area contributed by atoms with E-state index in [1.807, 2.05) is 61.8 Å². The molecule has 0 saturated heterocycles. The zero-order chi connectivity index (χ0) is 18.6. The fourth-order valence-electron chi connectivity index (χ4n) is 2.49. The number of aryl methyl sites for hydroxylation is 1. The van der Waals surface area contributed by atoms with Crippen molar-refractivity contribution in [3.63, 3.8) is 0 Å². The van der Waals surface area contributed by atoms with E-state index in [-0.39, 0.29) is 5.91 Å². The Balaban J connectivity index is 1.46. The van der Waals surface area contributed by atoms with E-state index < -0.39 is 0 Å². The van der Waals surface area contributed by atoms with Crippen LogP contribution in [0.2, 0.25) is 0 Å². The van der Waals surface area contributed by atoms with Crippen LogP contribution in [0.1, 0.15) is 5.56 Å². The molecule has 0 unspecified atom stereocenters. The summed E-state index contributed by atoms with van der Waals surface area (Å²) in [7, 11) is 1.83. The number of hydrogen-bond donors (Lipinski definition) is 1. The van der Waals surface area contributed by atoms with Crippen LogP contribution < -0.4 is 10.1 Å². The molecule has 0 atom stereocenters. The largest absolute Gasteiger partial charge is 0.457 e. The van der Waals surface area contributed by atoms with Crippen LogP contribution in [0, 0.1) is 0 Å². The fourth-order valence-corrected chi connectivity index (χ4v) is 3.39. The number of rotatable bonds is 5. The normalized spacial score (nSPS) is 11.1. The second-order valence-corrected chi connectivity index (χ2v) is 6.86. The number of nitrogens with zero attached hydrogens (tertiary/aromatic N) is 3. The molecule has 2 heterocycles. The maximum Gasteiger partial charge on any atom is 0.250 e. The molecular formula is C20H16N4O2S. The van der Waals surface area contributed by atoms with Crippen LogP contribution in [0.4, 0.5) is 5.13 Å². The molecule has 0 fully saturated rings. The van der Waals surface area contributed by atoms with Crippen molar-refractivity contribution in [3.05, 3.63) is 72.6 Å². The molecule has 6 nitrogen and oxygen atoms in total. The number of ether oxygens (including phenoxy) is 1. The molecule has 0 aliphatic rings. The average Bonchev–Trinajstić information content (AvgIpc) is 3.26. The van der Waals surface area contributed by atoms with Gasteiger partial charge in [0.1, 0.15) is 11.5 Å². The minimum absolute atomic E-state index is 0.237. The molecule has 0 aliphatic carbocycles. The number of nitrogens with one attached hydrogen (secondary N) is 1. The fraction of sp³-hybridized carbons (Fsp3) is 0.0500. The van der Waals surface area contributed by atoms with Crippen LogP contribution in [0.5, 0.6) is 11.5 Å². The summed E-state index contributed by atoms with van der Waals surface area (Å²) in [5.74, 6) is 1.26. The SMILES string of the molecule is Cn1cc(/C=C/C(=O)Nc2nc3ccc(Oc4ccccc4)cc3s2)cn1. The quantitative estimate of drug-likeness (QED) is 0.522. The van der Waals surface area contributed by atoms with E-state index in [0.717, 1.165) is 27.3 Å². The van der Waals surface area contributed by atoms with Gasteiger partial charge >= 0.3 is 0 Å². The van der Waals surface area contributed by atoms with Gasteiger partial charge in [-0.1, -0.05) is 29.5 Å². The number of fused-ring (bicyclic) bond motifs is 1. The Hall–Kier alpha value is -3.45. The molecule has 0 aliphatic heterocycles. The summed E-state index contributed by atoms with van der Waals surface area (Å²) in [4.78, 5) is 16.5. The summed E-state index contributed by atoms with van der Waals surface area (Å²) in [6.45, 7) is 0. The summed E-state index contributed by atoms with van der Waals surface area (Å²) in [6, 6.07) is 15.3. The number of thiazole rings is 1. The van der Waals surface area contributed by atoms with E-state index in [1.54, 1.807) is 17.0 Å². The molecular weight excluding hydrogens is 360 g/mol. The van der Waals surface area contributed by atoms with Gasteiger partial charge in [0.25, 0.3) is 0 Å². The zero-order valence-corrected chi connectivity index (χ0v) is 15.3. The Morgan fingerprint density at radius 1 is 1.19 bits per heavy atom. The molecule has 2 aromatic heterocycles. The summed E-state index contributed by atoms with van der Waals surface area (Å²) >= 11 is 1.40. The number of carbonyl (C=O) groups is 1. The maximum atomic E-state index is 12.1. The van der Waals surface area contributed by atoms with E-state index in [9.17, 15) is 4.79 Å². The topological polar surface area (TPSA) is 69.0 Å². The molecule has 134 valence electrons. The number of anilines is 1. The highest BCUT2D eigenvalue weighted by Crippen LogP contribution is 2.31. The summed E-state index contributed by atoms with van der Waals surface area (Å²) in [5.41, 5.74) is 1.67. The third-order valence-electron chi connectivity index (χ3n) is 3.72. The number of aromatic nitrogens is 3. The minimum Gasteiger partial charge on any atom is -0.457 e. The number of amides is 1. The first-order valence-corrected chi connectivity index (χ1v) is 9.08. The lowest BCUT2D eigenvalue weighted by molar-refractivity contribution is -0.111. The first-order valence-electron chi connectivity index (χ1n) is 8.27. The van der Waals surface area contributed by atoms with E-state index >= 15 is 0 Å². The predicted molar refractivity (Wildman–Crippen MR) is 107 cm³/mol. The van der Waals surface area contributed by atoms with Crippen molar-refractivity contribution in [3.8, 4) is 11.5 Å². The van der Waals surface area contributed by atoms with Crippen molar-refractivity contribution in [2.24, 2.45) is 7.05 Å². The molecule has 0 bridgehead atoms. The second-order valence-electron chi connectivity index (χ2n) is 5.83. The standard InChI is InChI=1S/C20H16N4O2S/c1-24-13-14(12-21-24)7-10-19(25)23-20-22-17-9-8-16(11-18(17)27-20)26-15-5-3-2-4-6-15/h2-13H,1H3,(H,22,23,25)/b10-7+. The summed E-state index contributed by atoms with van der Waals surface area (Å²) in [5, 5.41) is 7.39. The van der Waals surface area contributed by atoms with Gasteiger partial charge in [-0.3, -0.25) is 14.8 Å². The third-order valence-corrected chi connectivity index (χ3v) is 4.65. The molecule has 1 amide bonds. The van der Waals surface area contributed by atoms with Gasteiger partial charge in [-0.25, -0.2) is 4.98 Å². The highest BCUT2D eigenvalue weighted by Gasteiger charge is 2.08. The van der Waals surface area contributed by atoms with Gasteiger partial charge in [0.05, 0.1) is 16.4 Å². The van der Waals surface area contributed by atoms with Gasteiger partial charge in [-0.05, 0) is 30.3 Å². The molecule has 7 heteroatoms. The highest BCUT2D eigenvalue weighted by atomic mass is 32.1. The van der Waals surface area contributed by atoms with Crippen LogP contribution in [-0.2, 0) is 11.8 Å². The molecule has 0 spiro atoms. The van der Waals surface area contributed by atoms with Crippen molar-refractivity contribution >= 4 is 38.7 Å². The smallest absolute Gasteiger partial charge is 0.250 e. The van der Waals surface area contributed by atoms with Crippen molar-refractivity contribution < 1.29 is 9.53 Å². The van der Waals surface area contributed by atoms with Crippen molar-refractivity contribution in [2.75, 3.05) is 5.32 Å². The van der Waals surface area contributed by atoms with Crippen LogP contribution in [0.15, 0.2) is 67.0 Å². The summed E-state index contributed by atoms with van der Waals surface area (Å²) < 4.78 is 8.46.